The average Bonchev–Trinajstić information content (AvgIpc) is 3.28. The highest BCUT2D eigenvalue weighted by Crippen LogP contribution is 2.34. The quantitative estimate of drug-likeness (QED) is 0.461. The summed E-state index contributed by atoms with van der Waals surface area (Å²) in [5, 5.41) is 19.3. The van der Waals surface area contributed by atoms with Crippen LogP contribution in [0, 0.1) is 19.7 Å². The maximum atomic E-state index is 14.3. The third-order valence-corrected chi connectivity index (χ3v) is 6.12. The number of halogens is 1. The summed E-state index contributed by atoms with van der Waals surface area (Å²) in [6, 6.07) is 9.80. The fourth-order valence-corrected chi connectivity index (χ4v) is 4.23. The van der Waals surface area contributed by atoms with Gasteiger partial charge in [-0.2, -0.15) is 0 Å². The van der Waals surface area contributed by atoms with Gasteiger partial charge in [-0.05, 0) is 55.7 Å². The van der Waals surface area contributed by atoms with E-state index >= 15 is 0 Å². The summed E-state index contributed by atoms with van der Waals surface area (Å²) >= 11 is 1.28. The van der Waals surface area contributed by atoms with E-state index in [0.29, 0.717) is 22.4 Å². The molecule has 1 amide bonds. The number of unbranched alkanes of at least 4 members (excludes halogenated alkanes) is 1. The average molecular weight is 473 g/mol. The minimum absolute atomic E-state index is 0.0122. The predicted molar refractivity (Wildman–Crippen MR) is 128 cm³/mol. The number of carbonyl (C=O) groups excluding carboxylic acids is 1. The van der Waals surface area contributed by atoms with Crippen LogP contribution in [0.4, 0.5) is 9.52 Å². The molecule has 1 atom stereocenters. The molecule has 0 aliphatic rings. The maximum absolute atomic E-state index is 14.3. The smallest absolute Gasteiger partial charge is 0.263 e. The molecule has 0 saturated carbocycles. The number of rotatable bonds is 10. The summed E-state index contributed by atoms with van der Waals surface area (Å²) in [7, 11) is 0. The third kappa shape index (κ3) is 5.93. The molecule has 1 unspecified atom stereocenters. The first-order chi connectivity index (χ1) is 15.8. The van der Waals surface area contributed by atoms with E-state index in [-0.39, 0.29) is 18.7 Å². The summed E-state index contributed by atoms with van der Waals surface area (Å²) in [4.78, 5) is 14.6. The van der Waals surface area contributed by atoms with E-state index in [0.717, 1.165) is 29.5 Å². The summed E-state index contributed by atoms with van der Waals surface area (Å²) in [6.45, 7) is 6.52. The Kier molecular flexibility index (Phi) is 8.49. The predicted octanol–water partition coefficient (Wildman–Crippen LogP) is 4.11. The van der Waals surface area contributed by atoms with Crippen LogP contribution in [0.25, 0.3) is 10.6 Å². The molecule has 3 aromatic rings. The Morgan fingerprint density at radius 2 is 1.94 bits per heavy atom. The highest BCUT2D eigenvalue weighted by atomic mass is 32.1. The highest BCUT2D eigenvalue weighted by molar-refractivity contribution is 7.18. The van der Waals surface area contributed by atoms with Crippen LogP contribution in [0.15, 0.2) is 36.4 Å². The van der Waals surface area contributed by atoms with E-state index in [1.165, 1.54) is 28.4 Å². The number of anilines is 1. The van der Waals surface area contributed by atoms with Crippen LogP contribution in [0.5, 0.6) is 5.75 Å². The highest BCUT2D eigenvalue weighted by Gasteiger charge is 2.24. The minimum Gasteiger partial charge on any atom is -0.490 e. The van der Waals surface area contributed by atoms with Gasteiger partial charge in [-0.1, -0.05) is 36.8 Å². The fourth-order valence-electron chi connectivity index (χ4n) is 3.37. The van der Waals surface area contributed by atoms with Gasteiger partial charge in [0.25, 0.3) is 5.91 Å². The number of amides is 1. The molecule has 0 bridgehead atoms. The number of nitrogens with two attached hydrogens (primary N) is 1. The molecule has 3 N–H and O–H groups in total. The first-order valence-electron chi connectivity index (χ1n) is 10.9. The number of aryl methyl sites for hydroxylation is 2. The number of aliphatic hydroxyl groups excluding tert-OH is 1. The summed E-state index contributed by atoms with van der Waals surface area (Å²) in [5.41, 5.74) is 8.07. The second kappa shape index (κ2) is 11.3. The van der Waals surface area contributed by atoms with Crippen molar-refractivity contribution in [3.63, 3.8) is 0 Å². The van der Waals surface area contributed by atoms with Gasteiger partial charge >= 0.3 is 0 Å². The van der Waals surface area contributed by atoms with Gasteiger partial charge in [-0.15, -0.1) is 10.2 Å². The summed E-state index contributed by atoms with van der Waals surface area (Å²) in [6.07, 6.45) is 0.912. The van der Waals surface area contributed by atoms with E-state index in [4.69, 9.17) is 10.5 Å². The van der Waals surface area contributed by atoms with Crippen molar-refractivity contribution in [3.8, 4) is 16.3 Å². The van der Waals surface area contributed by atoms with Gasteiger partial charge < -0.3 is 15.6 Å². The Hall–Kier alpha value is -2.88. The Bertz CT molecular complexity index is 1080. The molecule has 0 saturated heterocycles. The van der Waals surface area contributed by atoms with Gasteiger partial charge in [-0.25, -0.2) is 4.39 Å². The number of benzene rings is 2. The lowest BCUT2D eigenvalue weighted by Gasteiger charge is -2.19. The van der Waals surface area contributed by atoms with Crippen molar-refractivity contribution in [2.24, 2.45) is 5.73 Å². The normalized spacial score (nSPS) is 11.9. The number of aliphatic hydroxyl groups is 1. The summed E-state index contributed by atoms with van der Waals surface area (Å²) in [5.74, 6) is -0.301. The Morgan fingerprint density at radius 1 is 1.24 bits per heavy atom. The first-order valence-corrected chi connectivity index (χ1v) is 11.7. The minimum atomic E-state index is -0.727. The third-order valence-electron chi connectivity index (χ3n) is 5.13. The van der Waals surface area contributed by atoms with Gasteiger partial charge in [0, 0.05) is 18.7 Å². The largest absolute Gasteiger partial charge is 0.490 e. The molecule has 33 heavy (non-hydrogen) atoms. The monoisotopic (exact) mass is 472 g/mol. The lowest BCUT2D eigenvalue weighted by Crippen LogP contribution is -2.32. The SMILES string of the molecule is CCCCN(C(=O)c1ccccc1F)c1nnc(-c2cc(C)c(OCC(O)CN)c(C)c2)s1. The number of ether oxygens (including phenoxy) is 1. The lowest BCUT2D eigenvalue weighted by molar-refractivity contribution is 0.0982. The van der Waals surface area contributed by atoms with Crippen LogP contribution in [-0.2, 0) is 0 Å². The number of aromatic nitrogens is 2. The number of hydrogen-bond acceptors (Lipinski definition) is 7. The molecular formula is C24H29FN4O3S. The van der Waals surface area contributed by atoms with Gasteiger partial charge in [-0.3, -0.25) is 9.69 Å². The lowest BCUT2D eigenvalue weighted by atomic mass is 10.1. The Morgan fingerprint density at radius 3 is 2.58 bits per heavy atom. The van der Waals surface area contributed by atoms with Crippen LogP contribution >= 0.6 is 11.3 Å². The Balaban J connectivity index is 1.88. The number of carbonyl (C=O) groups is 1. The molecule has 176 valence electrons. The zero-order chi connectivity index (χ0) is 24.0. The second-order valence-corrected chi connectivity index (χ2v) is 8.78. The molecule has 1 aromatic heterocycles. The van der Waals surface area contributed by atoms with Gasteiger partial charge in [0.15, 0.2) is 0 Å². The van der Waals surface area contributed by atoms with Crippen LogP contribution in [0.3, 0.4) is 0 Å². The molecule has 0 spiro atoms. The maximum Gasteiger partial charge on any atom is 0.263 e. The van der Waals surface area contributed by atoms with Crippen LogP contribution in [-0.4, -0.2) is 47.0 Å². The molecule has 0 fully saturated rings. The van der Waals surface area contributed by atoms with Crippen LogP contribution in [0.2, 0.25) is 0 Å². The zero-order valence-corrected chi connectivity index (χ0v) is 19.9. The van der Waals surface area contributed by atoms with E-state index < -0.39 is 17.8 Å². The first kappa shape index (κ1) is 24.8. The van der Waals surface area contributed by atoms with Gasteiger partial charge in [0.05, 0.1) is 5.56 Å². The van der Waals surface area contributed by atoms with E-state index in [1.807, 2.05) is 32.9 Å². The Labute approximate surface area is 197 Å². The topological polar surface area (TPSA) is 102 Å². The molecule has 7 nitrogen and oxygen atoms in total. The van der Waals surface area contributed by atoms with Crippen LogP contribution in [0.1, 0.15) is 41.3 Å². The van der Waals surface area contributed by atoms with Crippen molar-refractivity contribution in [2.75, 3.05) is 24.6 Å². The standard InChI is InChI=1S/C24H29FN4O3S/c1-4-5-10-29(23(31)19-8-6-7-9-20(19)25)24-28-27-22(33-24)17-11-15(2)21(16(3)12-17)32-14-18(30)13-26/h6-9,11-12,18,30H,4-5,10,13-14,26H2,1-3H3. The molecule has 9 heteroatoms. The summed E-state index contributed by atoms with van der Waals surface area (Å²) < 4.78 is 20.0. The molecule has 1 heterocycles. The molecular weight excluding hydrogens is 443 g/mol. The molecule has 0 aliphatic heterocycles. The van der Waals surface area contributed by atoms with Crippen molar-refractivity contribution in [2.45, 2.75) is 39.7 Å². The van der Waals surface area contributed by atoms with Crippen molar-refractivity contribution in [3.05, 3.63) is 58.9 Å². The van der Waals surface area contributed by atoms with E-state index in [2.05, 4.69) is 10.2 Å². The molecule has 2 aromatic carbocycles. The van der Waals surface area contributed by atoms with E-state index in [1.54, 1.807) is 12.1 Å². The fraction of sp³-hybridized carbons (Fsp3) is 0.375. The van der Waals surface area contributed by atoms with E-state index in [9.17, 15) is 14.3 Å². The van der Waals surface area contributed by atoms with Crippen LogP contribution < -0.4 is 15.4 Å². The van der Waals surface area contributed by atoms with Crippen molar-refractivity contribution >= 4 is 22.4 Å². The van der Waals surface area contributed by atoms with Crippen molar-refractivity contribution < 1.29 is 19.0 Å². The number of hydrogen-bond donors (Lipinski definition) is 2. The second-order valence-electron chi connectivity index (χ2n) is 7.82. The van der Waals surface area contributed by atoms with Gasteiger partial charge in [0.1, 0.15) is 29.3 Å². The molecule has 0 aliphatic carbocycles. The molecule has 3 rings (SSSR count). The van der Waals surface area contributed by atoms with Crippen molar-refractivity contribution in [1.29, 1.82) is 0 Å². The molecule has 0 radical (unpaired) electrons. The van der Waals surface area contributed by atoms with Crippen molar-refractivity contribution in [1.82, 2.24) is 10.2 Å². The van der Waals surface area contributed by atoms with Gasteiger partial charge in [0.2, 0.25) is 5.13 Å². The number of nitrogens with zero attached hydrogens (tertiary/aromatic N) is 3. The zero-order valence-electron chi connectivity index (χ0n) is 19.0.